The molecule has 0 radical (unpaired) electrons. The van der Waals surface area contributed by atoms with Crippen molar-refractivity contribution in [1.29, 1.82) is 0 Å². The molecule has 0 heterocycles. The zero-order chi connectivity index (χ0) is 17.3. The van der Waals surface area contributed by atoms with E-state index < -0.39 is 20.6 Å². The molecule has 126 valence electrons. The number of rotatable bonds is 6. The zero-order valence-corrected chi connectivity index (χ0v) is 14.0. The van der Waals surface area contributed by atoms with Crippen LogP contribution in [0.4, 0.5) is 5.69 Å². The lowest BCUT2D eigenvalue weighted by atomic mass is 10.0. The first-order valence-corrected chi connectivity index (χ1v) is 9.19. The molecule has 2 aromatic rings. The Hall–Kier alpha value is -2.25. The van der Waals surface area contributed by atoms with Crippen molar-refractivity contribution < 1.29 is 13.3 Å². The minimum Gasteiger partial charge on any atom is -0.258 e. The minimum absolute atomic E-state index is 0.227. The van der Waals surface area contributed by atoms with Gasteiger partial charge in [-0.1, -0.05) is 42.0 Å². The standard InChI is InChI=1S/C17H18N2O4S/c1-12-6-8-13(9-7-12)17(14-10-11-14)18-24(22,23)16-5-3-2-4-15(16)19(20)21/h2-9,14,17-18H,10-11H2,1H3. The van der Waals surface area contributed by atoms with Crippen molar-refractivity contribution in [2.24, 2.45) is 5.92 Å². The van der Waals surface area contributed by atoms with Crippen molar-refractivity contribution in [2.75, 3.05) is 0 Å². The summed E-state index contributed by atoms with van der Waals surface area (Å²) in [4.78, 5) is 10.1. The fourth-order valence-electron chi connectivity index (χ4n) is 2.71. The highest BCUT2D eigenvalue weighted by atomic mass is 32.2. The van der Waals surface area contributed by atoms with E-state index in [9.17, 15) is 18.5 Å². The van der Waals surface area contributed by atoms with Crippen molar-refractivity contribution in [3.63, 3.8) is 0 Å². The maximum absolute atomic E-state index is 12.7. The first kappa shape index (κ1) is 16.6. The minimum atomic E-state index is -3.99. The van der Waals surface area contributed by atoms with Crippen molar-refractivity contribution in [2.45, 2.75) is 30.7 Å². The highest BCUT2D eigenvalue weighted by Crippen LogP contribution is 2.42. The van der Waals surface area contributed by atoms with Crippen LogP contribution in [0.5, 0.6) is 0 Å². The average molecular weight is 346 g/mol. The van der Waals surface area contributed by atoms with E-state index in [1.54, 1.807) is 0 Å². The smallest absolute Gasteiger partial charge is 0.258 e. The quantitative estimate of drug-likeness (QED) is 0.642. The number of nitro benzene ring substituents is 1. The van der Waals surface area contributed by atoms with E-state index in [-0.39, 0.29) is 16.9 Å². The van der Waals surface area contributed by atoms with Crippen LogP contribution in [-0.2, 0) is 10.0 Å². The van der Waals surface area contributed by atoms with Crippen molar-refractivity contribution in [3.05, 3.63) is 69.8 Å². The maximum atomic E-state index is 12.7. The monoisotopic (exact) mass is 346 g/mol. The molecular weight excluding hydrogens is 328 g/mol. The van der Waals surface area contributed by atoms with Gasteiger partial charge in [-0.15, -0.1) is 0 Å². The van der Waals surface area contributed by atoms with Gasteiger partial charge in [-0.25, -0.2) is 13.1 Å². The van der Waals surface area contributed by atoms with Crippen molar-refractivity contribution in [1.82, 2.24) is 4.72 Å². The molecule has 1 unspecified atom stereocenters. The summed E-state index contributed by atoms with van der Waals surface area (Å²) in [5, 5.41) is 11.1. The molecule has 1 aliphatic rings. The first-order valence-electron chi connectivity index (χ1n) is 7.71. The van der Waals surface area contributed by atoms with Crippen LogP contribution in [-0.4, -0.2) is 13.3 Å². The lowest BCUT2D eigenvalue weighted by molar-refractivity contribution is -0.387. The molecule has 0 bridgehead atoms. The third-order valence-electron chi connectivity index (χ3n) is 4.16. The second-order valence-corrected chi connectivity index (χ2v) is 7.75. The maximum Gasteiger partial charge on any atom is 0.289 e. The Kier molecular flexibility index (Phi) is 4.38. The number of hydrogen-bond acceptors (Lipinski definition) is 4. The fraction of sp³-hybridized carbons (Fsp3) is 0.294. The molecule has 0 spiro atoms. The molecule has 0 amide bonds. The van der Waals surface area contributed by atoms with Crippen LogP contribution in [0.15, 0.2) is 53.4 Å². The molecule has 0 aromatic heterocycles. The predicted octanol–water partition coefficient (Wildman–Crippen LogP) is 3.33. The highest BCUT2D eigenvalue weighted by molar-refractivity contribution is 7.89. The van der Waals surface area contributed by atoms with Gasteiger partial charge in [-0.2, -0.15) is 0 Å². The number of para-hydroxylation sites is 1. The molecule has 1 aliphatic carbocycles. The van der Waals surface area contributed by atoms with Gasteiger partial charge in [0.15, 0.2) is 4.90 Å². The SMILES string of the molecule is Cc1ccc(C(NS(=O)(=O)c2ccccc2[N+](=O)[O-])C2CC2)cc1. The number of nitro groups is 1. The molecule has 1 fully saturated rings. The third kappa shape index (κ3) is 3.47. The van der Waals surface area contributed by atoms with Gasteiger partial charge in [0.2, 0.25) is 10.0 Å². The highest BCUT2D eigenvalue weighted by Gasteiger charge is 2.37. The second-order valence-electron chi connectivity index (χ2n) is 6.07. The molecule has 1 saturated carbocycles. The average Bonchev–Trinajstić information content (AvgIpc) is 3.38. The summed E-state index contributed by atoms with van der Waals surface area (Å²) in [6, 6.07) is 12.7. The third-order valence-corrected chi connectivity index (χ3v) is 5.65. The largest absolute Gasteiger partial charge is 0.289 e. The Bertz CT molecular complexity index is 858. The van der Waals surface area contributed by atoms with Gasteiger partial charge in [-0.3, -0.25) is 10.1 Å². The van der Waals surface area contributed by atoms with Crippen molar-refractivity contribution >= 4 is 15.7 Å². The summed E-state index contributed by atoms with van der Waals surface area (Å²) < 4.78 is 28.1. The predicted molar refractivity (Wildman–Crippen MR) is 90.1 cm³/mol. The Morgan fingerprint density at radius 2 is 1.75 bits per heavy atom. The Morgan fingerprint density at radius 3 is 2.33 bits per heavy atom. The Morgan fingerprint density at radius 1 is 1.12 bits per heavy atom. The van der Waals surface area contributed by atoms with E-state index in [1.807, 2.05) is 31.2 Å². The molecule has 2 aromatic carbocycles. The second kappa shape index (κ2) is 6.33. The van der Waals surface area contributed by atoms with E-state index >= 15 is 0 Å². The molecule has 0 aliphatic heterocycles. The normalized spacial score (nSPS) is 15.9. The van der Waals surface area contributed by atoms with E-state index in [0.717, 1.165) is 24.0 Å². The molecule has 7 heteroatoms. The number of sulfonamides is 1. The van der Waals surface area contributed by atoms with E-state index in [2.05, 4.69) is 4.72 Å². The van der Waals surface area contributed by atoms with Crippen LogP contribution in [0.25, 0.3) is 0 Å². The number of aryl methyl sites for hydroxylation is 1. The van der Waals surface area contributed by atoms with E-state index in [4.69, 9.17) is 0 Å². The number of hydrogen-bond donors (Lipinski definition) is 1. The lowest BCUT2D eigenvalue weighted by Crippen LogP contribution is -2.30. The number of benzene rings is 2. The Labute approximate surface area is 140 Å². The summed E-state index contributed by atoms with van der Waals surface area (Å²) in [6.07, 6.45) is 1.88. The van der Waals surface area contributed by atoms with E-state index in [0.29, 0.717) is 0 Å². The van der Waals surface area contributed by atoms with Crippen LogP contribution in [0.1, 0.15) is 30.0 Å². The summed E-state index contributed by atoms with van der Waals surface area (Å²) in [6.45, 7) is 1.97. The molecule has 24 heavy (non-hydrogen) atoms. The van der Waals surface area contributed by atoms with Crippen LogP contribution in [0.3, 0.4) is 0 Å². The summed E-state index contributed by atoms with van der Waals surface area (Å²) in [7, 11) is -3.99. The van der Waals surface area contributed by atoms with Gasteiger partial charge in [0, 0.05) is 12.1 Å². The van der Waals surface area contributed by atoms with Crippen LogP contribution < -0.4 is 4.72 Å². The molecule has 3 rings (SSSR count). The van der Waals surface area contributed by atoms with Crippen LogP contribution in [0, 0.1) is 23.0 Å². The Balaban J connectivity index is 1.95. The lowest BCUT2D eigenvalue weighted by Gasteiger charge is -2.19. The molecular formula is C17H18N2O4S. The summed E-state index contributed by atoms with van der Waals surface area (Å²) >= 11 is 0. The molecule has 1 N–H and O–H groups in total. The number of nitrogens with one attached hydrogen (secondary N) is 1. The van der Waals surface area contributed by atoms with Gasteiger partial charge in [0.25, 0.3) is 5.69 Å². The van der Waals surface area contributed by atoms with Crippen LogP contribution >= 0.6 is 0 Å². The topological polar surface area (TPSA) is 89.3 Å². The number of nitrogens with zero attached hydrogens (tertiary/aromatic N) is 1. The molecule has 6 nitrogen and oxygen atoms in total. The molecule has 1 atom stereocenters. The van der Waals surface area contributed by atoms with E-state index in [1.165, 1.54) is 24.3 Å². The van der Waals surface area contributed by atoms with Gasteiger partial charge in [-0.05, 0) is 37.3 Å². The summed E-state index contributed by atoms with van der Waals surface area (Å²) in [5.41, 5.74) is 1.56. The van der Waals surface area contributed by atoms with Crippen molar-refractivity contribution in [3.8, 4) is 0 Å². The van der Waals surface area contributed by atoms with Gasteiger partial charge < -0.3 is 0 Å². The van der Waals surface area contributed by atoms with Gasteiger partial charge in [0.1, 0.15) is 0 Å². The van der Waals surface area contributed by atoms with Gasteiger partial charge >= 0.3 is 0 Å². The molecule has 0 saturated heterocycles. The first-order chi connectivity index (χ1) is 11.4. The summed E-state index contributed by atoms with van der Waals surface area (Å²) in [5.74, 6) is 0.227. The fourth-order valence-corrected chi connectivity index (χ4v) is 4.17. The van der Waals surface area contributed by atoms with Crippen LogP contribution in [0.2, 0.25) is 0 Å². The van der Waals surface area contributed by atoms with Gasteiger partial charge in [0.05, 0.1) is 4.92 Å². The zero-order valence-electron chi connectivity index (χ0n) is 13.2.